The average Bonchev–Trinajstić information content (AvgIpc) is 2.95. The fraction of sp³-hybridized carbons (Fsp3) is 0.188. The first-order valence-corrected chi connectivity index (χ1v) is 7.31. The molecule has 8 nitrogen and oxygen atoms in total. The number of nitriles is 1. The number of primary amides is 1. The molecule has 1 amide bonds. The number of carbonyl (C=O) groups excluding carboxylic acids is 1. The molecule has 0 fully saturated rings. The van der Waals surface area contributed by atoms with Crippen LogP contribution in [0.15, 0.2) is 24.7 Å². The highest BCUT2D eigenvalue weighted by Gasteiger charge is 2.15. The fourth-order valence-corrected chi connectivity index (χ4v) is 2.46. The summed E-state index contributed by atoms with van der Waals surface area (Å²) >= 11 is 0. The minimum Gasteiger partial charge on any atom is -0.364 e. The van der Waals surface area contributed by atoms with Crippen LogP contribution in [-0.2, 0) is 13.5 Å². The number of aryl methyl sites for hydroxylation is 2. The van der Waals surface area contributed by atoms with E-state index in [1.165, 1.54) is 0 Å². The smallest absolute Gasteiger partial charge is 0.269 e. The van der Waals surface area contributed by atoms with Gasteiger partial charge in [0.15, 0.2) is 5.69 Å². The SMILES string of the molecule is CCc1cc(C#N)ncc1Nc1cc2c(ncn2C)c(C(N)=O)n1. The third kappa shape index (κ3) is 2.63. The van der Waals surface area contributed by atoms with Crippen LogP contribution < -0.4 is 11.1 Å². The molecule has 0 aliphatic heterocycles. The van der Waals surface area contributed by atoms with Crippen molar-refractivity contribution in [3.63, 3.8) is 0 Å². The first-order chi connectivity index (χ1) is 11.5. The lowest BCUT2D eigenvalue weighted by atomic mass is 10.1. The molecule has 3 N–H and O–H groups in total. The van der Waals surface area contributed by atoms with Crippen LogP contribution in [0.25, 0.3) is 11.0 Å². The van der Waals surface area contributed by atoms with Gasteiger partial charge in [-0.1, -0.05) is 6.92 Å². The number of rotatable bonds is 4. The van der Waals surface area contributed by atoms with Gasteiger partial charge in [0.2, 0.25) is 0 Å². The summed E-state index contributed by atoms with van der Waals surface area (Å²) in [6, 6.07) is 5.52. The van der Waals surface area contributed by atoms with Crippen LogP contribution in [0.4, 0.5) is 11.5 Å². The van der Waals surface area contributed by atoms with Crippen molar-refractivity contribution in [3.05, 3.63) is 41.6 Å². The van der Waals surface area contributed by atoms with Gasteiger partial charge in [0.25, 0.3) is 5.91 Å². The molecule has 0 unspecified atom stereocenters. The van der Waals surface area contributed by atoms with E-state index in [9.17, 15) is 4.79 Å². The van der Waals surface area contributed by atoms with E-state index in [0.29, 0.717) is 17.0 Å². The topological polar surface area (TPSA) is 123 Å². The summed E-state index contributed by atoms with van der Waals surface area (Å²) < 4.78 is 1.78. The zero-order valence-electron chi connectivity index (χ0n) is 13.2. The molecule has 8 heteroatoms. The van der Waals surface area contributed by atoms with Gasteiger partial charge in [0.05, 0.1) is 23.7 Å². The number of nitrogens with zero attached hydrogens (tertiary/aromatic N) is 5. The molecule has 3 heterocycles. The number of anilines is 2. The van der Waals surface area contributed by atoms with Crippen molar-refractivity contribution >= 4 is 28.4 Å². The number of carbonyl (C=O) groups is 1. The number of imidazole rings is 1. The second-order valence-corrected chi connectivity index (χ2v) is 5.26. The third-order valence-electron chi connectivity index (χ3n) is 3.69. The summed E-state index contributed by atoms with van der Waals surface area (Å²) in [5, 5.41) is 12.1. The first kappa shape index (κ1) is 15.4. The van der Waals surface area contributed by atoms with Crippen molar-refractivity contribution in [2.75, 3.05) is 5.32 Å². The van der Waals surface area contributed by atoms with Crippen LogP contribution in [0.3, 0.4) is 0 Å². The van der Waals surface area contributed by atoms with Gasteiger partial charge in [-0.15, -0.1) is 0 Å². The molecule has 3 aromatic heterocycles. The van der Waals surface area contributed by atoms with Crippen LogP contribution in [-0.4, -0.2) is 25.4 Å². The van der Waals surface area contributed by atoms with E-state index in [1.807, 2.05) is 20.0 Å². The summed E-state index contributed by atoms with van der Waals surface area (Å²) in [5.41, 5.74) is 8.72. The maximum Gasteiger partial charge on any atom is 0.269 e. The molecule has 0 aromatic carbocycles. The highest BCUT2D eigenvalue weighted by molar-refractivity contribution is 6.03. The van der Waals surface area contributed by atoms with Crippen molar-refractivity contribution < 1.29 is 4.79 Å². The number of hydrogen-bond donors (Lipinski definition) is 2. The number of pyridine rings is 2. The van der Waals surface area contributed by atoms with Crippen LogP contribution in [0, 0.1) is 11.3 Å². The molecule has 0 saturated heterocycles. The quantitative estimate of drug-likeness (QED) is 0.753. The first-order valence-electron chi connectivity index (χ1n) is 7.31. The summed E-state index contributed by atoms with van der Waals surface area (Å²) in [7, 11) is 1.82. The number of hydrogen-bond acceptors (Lipinski definition) is 6. The van der Waals surface area contributed by atoms with E-state index in [1.54, 1.807) is 29.2 Å². The Morgan fingerprint density at radius 2 is 2.21 bits per heavy atom. The Balaban J connectivity index is 2.09. The Morgan fingerprint density at radius 3 is 2.88 bits per heavy atom. The molecule has 3 rings (SSSR count). The molecule has 3 aromatic rings. The maximum atomic E-state index is 11.7. The normalized spacial score (nSPS) is 10.5. The van der Waals surface area contributed by atoms with E-state index >= 15 is 0 Å². The average molecular weight is 321 g/mol. The monoisotopic (exact) mass is 321 g/mol. The van der Waals surface area contributed by atoms with Crippen molar-refractivity contribution in [1.29, 1.82) is 5.26 Å². The van der Waals surface area contributed by atoms with Crippen LogP contribution in [0.1, 0.15) is 28.7 Å². The summed E-state index contributed by atoms with van der Waals surface area (Å²) in [4.78, 5) is 24.2. The Morgan fingerprint density at radius 1 is 1.42 bits per heavy atom. The highest BCUT2D eigenvalue weighted by Crippen LogP contribution is 2.24. The van der Waals surface area contributed by atoms with E-state index in [-0.39, 0.29) is 5.69 Å². The number of amides is 1. The molecular formula is C16H15N7O. The molecule has 0 atom stereocenters. The molecular weight excluding hydrogens is 306 g/mol. The maximum absolute atomic E-state index is 11.7. The number of nitrogens with two attached hydrogens (primary N) is 1. The summed E-state index contributed by atoms with van der Waals surface area (Å²) in [6.07, 6.45) is 3.90. The van der Waals surface area contributed by atoms with Gasteiger partial charge in [0, 0.05) is 13.1 Å². The minimum atomic E-state index is -0.643. The van der Waals surface area contributed by atoms with E-state index in [4.69, 9.17) is 11.0 Å². The number of nitrogens with one attached hydrogen (secondary N) is 1. The molecule has 0 aliphatic rings. The second kappa shape index (κ2) is 5.96. The molecule has 0 aliphatic carbocycles. The van der Waals surface area contributed by atoms with E-state index in [0.717, 1.165) is 23.2 Å². The molecule has 0 spiro atoms. The number of fused-ring (bicyclic) bond motifs is 1. The fourth-order valence-electron chi connectivity index (χ4n) is 2.46. The van der Waals surface area contributed by atoms with Gasteiger partial charge < -0.3 is 15.6 Å². The Hall–Kier alpha value is -3.47. The minimum absolute atomic E-state index is 0.107. The molecule has 0 saturated carbocycles. The second-order valence-electron chi connectivity index (χ2n) is 5.26. The molecule has 120 valence electrons. The number of aromatic nitrogens is 4. The zero-order valence-corrected chi connectivity index (χ0v) is 13.2. The Bertz CT molecular complexity index is 984. The largest absolute Gasteiger partial charge is 0.364 e. The van der Waals surface area contributed by atoms with Crippen LogP contribution in [0.2, 0.25) is 0 Å². The van der Waals surface area contributed by atoms with E-state index < -0.39 is 5.91 Å². The van der Waals surface area contributed by atoms with Gasteiger partial charge in [-0.2, -0.15) is 5.26 Å². The predicted octanol–water partition coefficient (Wildman–Crippen LogP) is 1.64. The summed E-state index contributed by atoms with van der Waals surface area (Å²) in [6.45, 7) is 1.98. The lowest BCUT2D eigenvalue weighted by Gasteiger charge is -2.11. The lowest BCUT2D eigenvalue weighted by molar-refractivity contribution is 0.0997. The van der Waals surface area contributed by atoms with Crippen molar-refractivity contribution in [1.82, 2.24) is 19.5 Å². The Kier molecular flexibility index (Phi) is 3.83. The molecule has 24 heavy (non-hydrogen) atoms. The van der Waals surface area contributed by atoms with Crippen molar-refractivity contribution in [2.24, 2.45) is 12.8 Å². The van der Waals surface area contributed by atoms with Crippen LogP contribution in [0.5, 0.6) is 0 Å². The van der Waals surface area contributed by atoms with Crippen molar-refractivity contribution in [2.45, 2.75) is 13.3 Å². The van der Waals surface area contributed by atoms with Crippen LogP contribution >= 0.6 is 0 Å². The highest BCUT2D eigenvalue weighted by atomic mass is 16.1. The lowest BCUT2D eigenvalue weighted by Crippen LogP contribution is -2.15. The van der Waals surface area contributed by atoms with Gasteiger partial charge in [-0.3, -0.25) is 4.79 Å². The van der Waals surface area contributed by atoms with Crippen molar-refractivity contribution in [3.8, 4) is 6.07 Å². The zero-order chi connectivity index (χ0) is 17.3. The Labute approximate surface area is 138 Å². The van der Waals surface area contributed by atoms with Gasteiger partial charge in [0.1, 0.15) is 23.1 Å². The van der Waals surface area contributed by atoms with E-state index in [2.05, 4.69) is 20.3 Å². The van der Waals surface area contributed by atoms with Gasteiger partial charge >= 0.3 is 0 Å². The predicted molar refractivity (Wildman–Crippen MR) is 88.6 cm³/mol. The summed E-state index contributed by atoms with van der Waals surface area (Å²) in [5.74, 6) is -0.183. The van der Waals surface area contributed by atoms with Gasteiger partial charge in [-0.05, 0) is 18.1 Å². The molecule has 0 radical (unpaired) electrons. The molecule has 0 bridgehead atoms. The standard InChI is InChI=1S/C16H15N7O/c1-3-9-4-10(6-17)19-7-11(9)21-13-5-12-14(20-8-23(12)2)15(22-13)16(18)24/h4-5,7-8H,3H2,1-2H3,(H2,18,24)(H,21,22). The third-order valence-corrected chi connectivity index (χ3v) is 3.69. The van der Waals surface area contributed by atoms with Gasteiger partial charge in [-0.25, -0.2) is 15.0 Å².